The van der Waals surface area contributed by atoms with Crippen molar-refractivity contribution in [3.05, 3.63) is 6.92 Å². The summed E-state index contributed by atoms with van der Waals surface area (Å²) in [5, 5.41) is 12.0. The fourth-order valence-electron chi connectivity index (χ4n) is 1.28. The molecule has 0 aliphatic carbocycles. The van der Waals surface area contributed by atoms with Crippen molar-refractivity contribution in [1.29, 1.82) is 0 Å². The normalized spacial score (nSPS) is 14.4. The van der Waals surface area contributed by atoms with Gasteiger partial charge in [-0.3, -0.25) is 4.79 Å². The minimum Gasteiger partial charge on any atom is -0.393 e. The van der Waals surface area contributed by atoms with E-state index in [1.165, 1.54) is 0 Å². The summed E-state index contributed by atoms with van der Waals surface area (Å²) in [6.45, 7) is 7.77. The monoisotopic (exact) mass is 288 g/mol. The Labute approximate surface area is 99.4 Å². The van der Waals surface area contributed by atoms with Crippen molar-refractivity contribution in [3.63, 3.8) is 0 Å². The molecule has 2 atom stereocenters. The van der Waals surface area contributed by atoms with Gasteiger partial charge in [0.2, 0.25) is 0 Å². The maximum atomic E-state index is 11.0. The van der Waals surface area contributed by atoms with Gasteiger partial charge in [0.15, 0.2) is 5.91 Å². The van der Waals surface area contributed by atoms with Crippen LogP contribution >= 0.6 is 0 Å². The summed E-state index contributed by atoms with van der Waals surface area (Å²) in [5.74, 6) is -0.00607. The third kappa shape index (κ3) is 7.46. The zero-order valence-electron chi connectivity index (χ0n) is 9.06. The van der Waals surface area contributed by atoms with Crippen LogP contribution in [0.1, 0.15) is 26.7 Å². The van der Waals surface area contributed by atoms with E-state index in [0.29, 0.717) is 12.3 Å². The summed E-state index contributed by atoms with van der Waals surface area (Å²) in [5.41, 5.74) is 0. The van der Waals surface area contributed by atoms with Crippen molar-refractivity contribution >= 4 is 5.91 Å². The van der Waals surface area contributed by atoms with E-state index in [2.05, 4.69) is 12.2 Å². The molecule has 0 fully saturated rings. The Kier molecular flexibility index (Phi) is 9.85. The molecule has 0 spiro atoms. The number of nitrogens with one attached hydrogen (secondary N) is 1. The van der Waals surface area contributed by atoms with Crippen molar-refractivity contribution in [2.75, 3.05) is 7.05 Å². The zero-order chi connectivity index (χ0) is 10.4. The van der Waals surface area contributed by atoms with Gasteiger partial charge >= 0.3 is 19.5 Å². The van der Waals surface area contributed by atoms with E-state index in [4.69, 9.17) is 0 Å². The molecule has 0 aromatic heterocycles. The second-order valence-corrected chi connectivity index (χ2v) is 3.83. The maximum absolute atomic E-state index is 11.0. The minimum absolute atomic E-state index is 0. The van der Waals surface area contributed by atoms with Crippen LogP contribution in [-0.4, -0.2) is 24.2 Å². The first-order valence-electron chi connectivity index (χ1n) is 4.70. The molecule has 1 amide bonds. The summed E-state index contributed by atoms with van der Waals surface area (Å²) < 4.78 is 0. The number of carbonyl (C=O) groups excluding carboxylic acids is 1. The van der Waals surface area contributed by atoms with Crippen LogP contribution in [0.25, 0.3) is 0 Å². The third-order valence-electron chi connectivity index (χ3n) is 1.92. The van der Waals surface area contributed by atoms with Crippen molar-refractivity contribution in [3.8, 4) is 0 Å². The van der Waals surface area contributed by atoms with Gasteiger partial charge < -0.3 is 17.3 Å². The van der Waals surface area contributed by atoms with E-state index in [-0.39, 0.29) is 31.3 Å². The summed E-state index contributed by atoms with van der Waals surface area (Å²) in [4.78, 5) is 11.0. The van der Waals surface area contributed by atoms with E-state index in [0.717, 1.165) is 6.42 Å². The molecule has 3 nitrogen and oxygen atoms in total. The summed E-state index contributed by atoms with van der Waals surface area (Å²) in [6, 6.07) is 0. The topological polar surface area (TPSA) is 49.3 Å². The Morgan fingerprint density at radius 1 is 1.43 bits per heavy atom. The molecular formula is C10H20NO2Ru. The fourth-order valence-corrected chi connectivity index (χ4v) is 1.28. The molecule has 0 rings (SSSR count). The molecule has 4 heteroatoms. The predicted octanol–water partition coefficient (Wildman–Crippen LogP) is 0.977. The first kappa shape index (κ1) is 16.5. The van der Waals surface area contributed by atoms with Gasteiger partial charge in [-0.1, -0.05) is 19.8 Å². The molecule has 0 bridgehead atoms. The Hall–Kier alpha value is 0.0534. The van der Waals surface area contributed by atoms with Crippen LogP contribution in [0.3, 0.4) is 0 Å². The number of aliphatic hydroxyl groups is 1. The quantitative estimate of drug-likeness (QED) is 0.585. The van der Waals surface area contributed by atoms with E-state index in [1.54, 1.807) is 7.05 Å². The van der Waals surface area contributed by atoms with Crippen molar-refractivity contribution in [1.82, 2.24) is 5.32 Å². The number of hydrogen-bond acceptors (Lipinski definition) is 2. The number of hydrogen-bond donors (Lipinski definition) is 2. The average molecular weight is 287 g/mol. The van der Waals surface area contributed by atoms with Gasteiger partial charge in [0.25, 0.3) is 0 Å². The van der Waals surface area contributed by atoms with Gasteiger partial charge in [-0.05, 0) is 18.8 Å². The Morgan fingerprint density at radius 3 is 2.29 bits per heavy atom. The third-order valence-corrected chi connectivity index (χ3v) is 1.92. The molecule has 0 saturated heterocycles. The van der Waals surface area contributed by atoms with Gasteiger partial charge in [0.05, 0.1) is 6.10 Å². The van der Waals surface area contributed by atoms with Crippen LogP contribution in [0.15, 0.2) is 0 Å². The molecule has 14 heavy (non-hydrogen) atoms. The number of rotatable bonds is 5. The largest absolute Gasteiger partial charge is 1.00 e. The molecule has 0 saturated carbocycles. The average Bonchev–Trinajstić information content (AvgIpc) is 2.01. The minimum atomic E-state index is -0.417. The second-order valence-electron chi connectivity index (χ2n) is 3.83. The van der Waals surface area contributed by atoms with Crippen LogP contribution in [0.5, 0.6) is 0 Å². The smallest absolute Gasteiger partial charge is 0.393 e. The Bertz CT molecular complexity index is 162. The van der Waals surface area contributed by atoms with Crippen molar-refractivity contribution < 1.29 is 29.4 Å². The van der Waals surface area contributed by atoms with Gasteiger partial charge in [-0.2, -0.15) is 0 Å². The standard InChI is InChI=1S/C10H20NO2.Ru/c1-7(2)5-9(12)6-8(3)10(13)11-4;/h7-9,12H,3,5-6H2,1-2,4H3,(H,11,13);/q-1;+1/t8-,9-;/m1./s1. The first-order valence-corrected chi connectivity index (χ1v) is 4.70. The van der Waals surface area contributed by atoms with E-state index in [9.17, 15) is 9.90 Å². The fraction of sp³-hybridized carbons (Fsp3) is 0.800. The molecule has 0 aromatic rings. The van der Waals surface area contributed by atoms with E-state index >= 15 is 0 Å². The molecule has 0 unspecified atom stereocenters. The first-order chi connectivity index (χ1) is 5.97. The van der Waals surface area contributed by atoms with Crippen LogP contribution in [-0.2, 0) is 24.3 Å². The van der Waals surface area contributed by atoms with Gasteiger partial charge in [0, 0.05) is 7.05 Å². The number of aliphatic hydroxyl groups excluding tert-OH is 1. The molecule has 1 radical (unpaired) electrons. The van der Waals surface area contributed by atoms with Gasteiger partial charge in [-0.15, -0.1) is 0 Å². The maximum Gasteiger partial charge on any atom is 1.00 e. The van der Waals surface area contributed by atoms with Gasteiger partial charge in [0.1, 0.15) is 0 Å². The molecule has 0 aliphatic heterocycles. The summed E-state index contributed by atoms with van der Waals surface area (Å²) in [6.07, 6.45) is 0.751. The summed E-state index contributed by atoms with van der Waals surface area (Å²) >= 11 is 0. The van der Waals surface area contributed by atoms with Crippen molar-refractivity contribution in [2.24, 2.45) is 11.8 Å². The number of amides is 1. The van der Waals surface area contributed by atoms with E-state index in [1.807, 2.05) is 13.8 Å². The van der Waals surface area contributed by atoms with Crippen molar-refractivity contribution in [2.45, 2.75) is 32.8 Å². The SMILES string of the molecule is [CH2-][C@H](C[C@H](O)CC(C)C)C(=O)NC.[Ru+]. The van der Waals surface area contributed by atoms with Crippen LogP contribution < -0.4 is 5.32 Å². The molecule has 2 N–H and O–H groups in total. The summed E-state index contributed by atoms with van der Waals surface area (Å²) in [7, 11) is 1.58. The Balaban J connectivity index is 0. The molecule has 0 aliphatic rings. The van der Waals surface area contributed by atoms with E-state index < -0.39 is 6.10 Å². The Morgan fingerprint density at radius 2 is 1.93 bits per heavy atom. The molecule has 0 heterocycles. The zero-order valence-corrected chi connectivity index (χ0v) is 10.8. The van der Waals surface area contributed by atoms with Crippen LogP contribution in [0, 0.1) is 18.8 Å². The van der Waals surface area contributed by atoms with Crippen LogP contribution in [0.2, 0.25) is 0 Å². The predicted molar refractivity (Wildman–Crippen MR) is 53.0 cm³/mol. The second kappa shape index (κ2) is 8.37. The molecular weight excluding hydrogens is 267 g/mol. The van der Waals surface area contributed by atoms with Crippen LogP contribution in [0.4, 0.5) is 0 Å². The molecule has 0 aromatic carbocycles. The molecule has 85 valence electrons. The van der Waals surface area contributed by atoms with Gasteiger partial charge in [-0.25, -0.2) is 0 Å². The number of carbonyl (C=O) groups is 1.